The molecular formula is C17H26N2O+2. The summed E-state index contributed by atoms with van der Waals surface area (Å²) in [6, 6.07) is 14.4. The monoisotopic (exact) mass is 274 g/mol. The van der Waals surface area contributed by atoms with Crippen molar-refractivity contribution >= 4 is 0 Å². The molecule has 3 heteroatoms. The van der Waals surface area contributed by atoms with Crippen LogP contribution in [0.25, 0.3) is 11.3 Å². The summed E-state index contributed by atoms with van der Waals surface area (Å²) in [5, 5.41) is 2.33. The first-order chi connectivity index (χ1) is 9.83. The molecule has 2 rings (SSSR count). The maximum atomic E-state index is 5.89. The Balaban J connectivity index is 1.79. The molecule has 20 heavy (non-hydrogen) atoms. The lowest BCUT2D eigenvalue weighted by atomic mass is 10.2. The second-order valence-corrected chi connectivity index (χ2v) is 5.12. The number of likely N-dealkylation sites (N-methyl/N-ethyl adjacent to an activating group) is 1. The van der Waals surface area contributed by atoms with Crippen LogP contribution in [0, 0.1) is 0 Å². The van der Waals surface area contributed by atoms with Crippen molar-refractivity contribution in [3.05, 3.63) is 48.2 Å². The Morgan fingerprint density at radius 3 is 2.45 bits per heavy atom. The number of rotatable bonds is 8. The van der Waals surface area contributed by atoms with Gasteiger partial charge in [0.2, 0.25) is 0 Å². The number of quaternary nitrogens is 2. The molecule has 1 aromatic carbocycles. The molecule has 0 saturated carbocycles. The highest BCUT2D eigenvalue weighted by molar-refractivity contribution is 5.57. The van der Waals surface area contributed by atoms with Crippen LogP contribution in [0.4, 0.5) is 0 Å². The average molecular weight is 274 g/mol. The van der Waals surface area contributed by atoms with Crippen LogP contribution < -0.4 is 10.2 Å². The third kappa shape index (κ3) is 4.22. The molecule has 0 aliphatic rings. The van der Waals surface area contributed by atoms with Gasteiger partial charge in [0.05, 0.1) is 13.1 Å². The standard InChI is InChI=1S/C17H24N2O/c1-3-19(4-2)13-12-18-14-16-10-11-17(20-16)15-8-6-5-7-9-15/h5-11,18H,3-4,12-14H2,1-2H3/p+2. The highest BCUT2D eigenvalue weighted by atomic mass is 16.3. The fourth-order valence-electron chi connectivity index (χ4n) is 2.40. The summed E-state index contributed by atoms with van der Waals surface area (Å²) in [6.45, 7) is 10.2. The zero-order chi connectivity index (χ0) is 14.2. The first kappa shape index (κ1) is 14.8. The number of furan rings is 1. The molecule has 0 amide bonds. The summed E-state index contributed by atoms with van der Waals surface area (Å²) < 4.78 is 5.89. The lowest BCUT2D eigenvalue weighted by molar-refractivity contribution is -0.910. The van der Waals surface area contributed by atoms with E-state index < -0.39 is 0 Å². The number of nitrogens with one attached hydrogen (secondary N) is 1. The Labute approximate surface area is 121 Å². The minimum Gasteiger partial charge on any atom is -0.455 e. The van der Waals surface area contributed by atoms with Crippen molar-refractivity contribution in [3.8, 4) is 11.3 Å². The topological polar surface area (TPSA) is 34.2 Å². The fourth-order valence-corrected chi connectivity index (χ4v) is 2.40. The Kier molecular flexibility index (Phi) is 5.84. The Hall–Kier alpha value is -1.58. The molecule has 0 spiro atoms. The van der Waals surface area contributed by atoms with Crippen molar-refractivity contribution in [2.75, 3.05) is 26.2 Å². The molecule has 3 N–H and O–H groups in total. The Morgan fingerprint density at radius 1 is 1.00 bits per heavy atom. The van der Waals surface area contributed by atoms with Gasteiger partial charge < -0.3 is 14.6 Å². The molecule has 0 saturated heterocycles. The lowest BCUT2D eigenvalue weighted by Crippen LogP contribution is -3.14. The molecule has 1 aromatic heterocycles. The third-order valence-corrected chi connectivity index (χ3v) is 3.77. The predicted octanol–water partition coefficient (Wildman–Crippen LogP) is 0.935. The number of benzene rings is 1. The first-order valence-corrected chi connectivity index (χ1v) is 7.62. The minimum atomic E-state index is 0.924. The third-order valence-electron chi connectivity index (χ3n) is 3.77. The summed E-state index contributed by atoms with van der Waals surface area (Å²) >= 11 is 0. The second-order valence-electron chi connectivity index (χ2n) is 5.12. The van der Waals surface area contributed by atoms with Gasteiger partial charge >= 0.3 is 0 Å². The fraction of sp³-hybridized carbons (Fsp3) is 0.412. The van der Waals surface area contributed by atoms with Crippen LogP contribution in [0.1, 0.15) is 19.6 Å². The number of hydrogen-bond donors (Lipinski definition) is 2. The van der Waals surface area contributed by atoms with Gasteiger partial charge in [-0.1, -0.05) is 30.3 Å². The summed E-state index contributed by atoms with van der Waals surface area (Å²) in [5.41, 5.74) is 1.14. The van der Waals surface area contributed by atoms with Gasteiger partial charge in [-0.25, -0.2) is 0 Å². The van der Waals surface area contributed by atoms with Crippen molar-refractivity contribution < 1.29 is 14.6 Å². The zero-order valence-corrected chi connectivity index (χ0v) is 12.6. The maximum absolute atomic E-state index is 5.89. The van der Waals surface area contributed by atoms with Crippen LogP contribution in [0.5, 0.6) is 0 Å². The van der Waals surface area contributed by atoms with E-state index in [1.165, 1.54) is 19.6 Å². The number of hydrogen-bond acceptors (Lipinski definition) is 1. The summed E-state index contributed by atoms with van der Waals surface area (Å²) in [6.07, 6.45) is 0. The molecule has 1 heterocycles. The van der Waals surface area contributed by atoms with Crippen molar-refractivity contribution in [2.45, 2.75) is 20.4 Å². The smallest absolute Gasteiger partial charge is 0.158 e. The van der Waals surface area contributed by atoms with Gasteiger partial charge in [-0.05, 0) is 26.0 Å². The van der Waals surface area contributed by atoms with Gasteiger partial charge in [-0.2, -0.15) is 0 Å². The molecular weight excluding hydrogens is 248 g/mol. The molecule has 0 fully saturated rings. The molecule has 0 unspecified atom stereocenters. The molecule has 0 bridgehead atoms. The lowest BCUT2D eigenvalue weighted by Gasteiger charge is -2.13. The summed E-state index contributed by atoms with van der Waals surface area (Å²) in [5.74, 6) is 2.02. The SMILES string of the molecule is CC[NH+](CC)CC[NH2+]Cc1ccc(-c2ccccc2)o1. The molecule has 0 radical (unpaired) electrons. The summed E-state index contributed by atoms with van der Waals surface area (Å²) in [4.78, 5) is 1.66. The van der Waals surface area contributed by atoms with Gasteiger partial charge in [0.25, 0.3) is 0 Å². The van der Waals surface area contributed by atoms with Gasteiger partial charge in [-0.3, -0.25) is 0 Å². The average Bonchev–Trinajstić information content (AvgIpc) is 2.97. The summed E-state index contributed by atoms with van der Waals surface area (Å²) in [7, 11) is 0. The van der Waals surface area contributed by atoms with E-state index in [4.69, 9.17) is 4.42 Å². The predicted molar refractivity (Wildman–Crippen MR) is 81.6 cm³/mol. The van der Waals surface area contributed by atoms with E-state index in [0.29, 0.717) is 0 Å². The largest absolute Gasteiger partial charge is 0.455 e. The van der Waals surface area contributed by atoms with Gasteiger partial charge in [0, 0.05) is 5.56 Å². The second kappa shape index (κ2) is 7.88. The normalized spacial score (nSPS) is 11.2. The quantitative estimate of drug-likeness (QED) is 0.690. The van der Waals surface area contributed by atoms with E-state index in [9.17, 15) is 0 Å². The van der Waals surface area contributed by atoms with Gasteiger partial charge in [0.1, 0.15) is 25.4 Å². The van der Waals surface area contributed by atoms with Crippen LogP contribution in [-0.2, 0) is 6.54 Å². The van der Waals surface area contributed by atoms with Gasteiger partial charge in [0.15, 0.2) is 5.76 Å². The van der Waals surface area contributed by atoms with Crippen LogP contribution in [0.2, 0.25) is 0 Å². The highest BCUT2D eigenvalue weighted by Crippen LogP contribution is 2.20. The number of nitrogens with two attached hydrogens (primary N) is 1. The maximum Gasteiger partial charge on any atom is 0.158 e. The highest BCUT2D eigenvalue weighted by Gasteiger charge is 2.07. The van der Waals surface area contributed by atoms with Crippen LogP contribution in [0.15, 0.2) is 46.9 Å². The van der Waals surface area contributed by atoms with Gasteiger partial charge in [-0.15, -0.1) is 0 Å². The van der Waals surface area contributed by atoms with Crippen LogP contribution in [-0.4, -0.2) is 26.2 Å². The van der Waals surface area contributed by atoms with Crippen molar-refractivity contribution in [1.82, 2.24) is 0 Å². The minimum absolute atomic E-state index is 0.924. The van der Waals surface area contributed by atoms with E-state index >= 15 is 0 Å². The molecule has 0 atom stereocenters. The van der Waals surface area contributed by atoms with E-state index in [-0.39, 0.29) is 0 Å². The first-order valence-electron chi connectivity index (χ1n) is 7.62. The molecule has 2 aromatic rings. The molecule has 3 nitrogen and oxygen atoms in total. The molecule has 0 aliphatic carbocycles. The van der Waals surface area contributed by atoms with Crippen molar-refractivity contribution in [3.63, 3.8) is 0 Å². The van der Waals surface area contributed by atoms with E-state index in [1.54, 1.807) is 4.90 Å². The van der Waals surface area contributed by atoms with E-state index in [1.807, 2.05) is 18.2 Å². The van der Waals surface area contributed by atoms with Crippen molar-refractivity contribution in [1.29, 1.82) is 0 Å². The van der Waals surface area contributed by atoms with Crippen LogP contribution in [0.3, 0.4) is 0 Å². The molecule has 108 valence electrons. The zero-order valence-electron chi connectivity index (χ0n) is 12.6. The Bertz CT molecular complexity index is 489. The Morgan fingerprint density at radius 2 is 1.75 bits per heavy atom. The van der Waals surface area contributed by atoms with Crippen LogP contribution >= 0.6 is 0 Å². The molecule has 0 aliphatic heterocycles. The van der Waals surface area contributed by atoms with Crippen molar-refractivity contribution in [2.24, 2.45) is 0 Å². The van der Waals surface area contributed by atoms with E-state index in [2.05, 4.69) is 43.4 Å². The van der Waals surface area contributed by atoms with E-state index in [0.717, 1.165) is 30.2 Å².